The summed E-state index contributed by atoms with van der Waals surface area (Å²) in [7, 11) is -4.67. The Bertz CT molecular complexity index is 292. The largest absolute Gasteiger partial charge is 1.00 e. The summed E-state index contributed by atoms with van der Waals surface area (Å²) in [5.74, 6) is 0. The van der Waals surface area contributed by atoms with E-state index >= 15 is 0 Å². The van der Waals surface area contributed by atoms with Gasteiger partial charge in [-0.05, 0) is 13.3 Å². The van der Waals surface area contributed by atoms with E-state index in [0.29, 0.717) is 0 Å². The predicted octanol–water partition coefficient (Wildman–Crippen LogP) is 1.53. The summed E-state index contributed by atoms with van der Waals surface area (Å²) in [6, 6.07) is 0. The van der Waals surface area contributed by atoms with Crippen LogP contribution in [0.15, 0.2) is 0 Å². The quantitative estimate of drug-likeness (QED) is 0.282. The van der Waals surface area contributed by atoms with E-state index in [1.807, 2.05) is 6.92 Å². The molecule has 0 saturated carbocycles. The molecule has 0 aromatic carbocycles. The molecular weight excluding hydrogens is 315 g/mol. The van der Waals surface area contributed by atoms with Crippen molar-refractivity contribution in [2.24, 2.45) is 0 Å². The summed E-state index contributed by atoms with van der Waals surface area (Å²) >= 11 is 0. The van der Waals surface area contributed by atoms with Gasteiger partial charge in [-0.2, -0.15) is 8.42 Å². The Balaban J connectivity index is -0.000000225. The molecule has 0 bridgehead atoms. The van der Waals surface area contributed by atoms with Gasteiger partial charge in [-0.15, -0.1) is 0 Å². The summed E-state index contributed by atoms with van der Waals surface area (Å²) in [6.07, 6.45) is 16.1. The molecule has 5 nitrogen and oxygen atoms in total. The van der Waals surface area contributed by atoms with Gasteiger partial charge >= 0.3 is 40.0 Å². The SMILES string of the molecule is CCCCCCCCCCCCCC(C)O.O=S(=O)(O)O.[H-].[Na+]. The van der Waals surface area contributed by atoms with Gasteiger partial charge in [0.2, 0.25) is 0 Å². The van der Waals surface area contributed by atoms with Crippen molar-refractivity contribution in [3.8, 4) is 0 Å². The van der Waals surface area contributed by atoms with Gasteiger partial charge < -0.3 is 6.53 Å². The topological polar surface area (TPSA) is 94.8 Å². The number of aliphatic hydroxyl groups excluding tert-OH is 1. The minimum atomic E-state index is -4.67. The third kappa shape index (κ3) is 42.8. The van der Waals surface area contributed by atoms with Crippen molar-refractivity contribution in [1.82, 2.24) is 0 Å². The number of aliphatic hydroxyl groups is 1. The first-order valence-corrected chi connectivity index (χ1v) is 9.55. The number of hydrogen-bond donors (Lipinski definition) is 3. The van der Waals surface area contributed by atoms with Gasteiger partial charge in [0.05, 0.1) is 6.10 Å². The molecule has 7 heteroatoms. The van der Waals surface area contributed by atoms with Crippen LogP contribution in [-0.4, -0.2) is 28.7 Å². The fourth-order valence-electron chi connectivity index (χ4n) is 2.10. The van der Waals surface area contributed by atoms with Crippen molar-refractivity contribution in [2.75, 3.05) is 0 Å². The smallest absolute Gasteiger partial charge is 1.00 e. The molecule has 0 fully saturated rings. The third-order valence-electron chi connectivity index (χ3n) is 3.23. The van der Waals surface area contributed by atoms with E-state index in [2.05, 4.69) is 6.92 Å². The molecule has 0 spiro atoms. The molecule has 0 aromatic heterocycles. The van der Waals surface area contributed by atoms with Gasteiger partial charge in [0.25, 0.3) is 0 Å². The fourth-order valence-corrected chi connectivity index (χ4v) is 2.10. The van der Waals surface area contributed by atoms with Crippen LogP contribution in [-0.2, 0) is 10.4 Å². The van der Waals surface area contributed by atoms with Crippen LogP contribution in [0.3, 0.4) is 0 Å². The van der Waals surface area contributed by atoms with E-state index in [9.17, 15) is 0 Å². The average Bonchev–Trinajstić information content (AvgIpc) is 2.33. The second-order valence-corrected chi connectivity index (χ2v) is 6.52. The molecule has 0 saturated heterocycles. The molecule has 3 N–H and O–H groups in total. The first-order chi connectivity index (χ1) is 9.77. The Hall–Kier alpha value is 0.830. The van der Waals surface area contributed by atoms with Gasteiger partial charge in [0, 0.05) is 0 Å². The second kappa shape index (κ2) is 19.9. The molecule has 0 amide bonds. The molecule has 0 heterocycles. The van der Waals surface area contributed by atoms with Crippen molar-refractivity contribution in [2.45, 2.75) is 97.0 Å². The number of unbranched alkanes of at least 4 members (excludes halogenated alkanes) is 10. The van der Waals surface area contributed by atoms with E-state index in [1.165, 1.54) is 70.6 Å². The Labute approximate surface area is 160 Å². The molecule has 0 aliphatic carbocycles. The standard InChI is InChI=1S/C15H32O.Na.H2O4S.H/c1-3-4-5-6-7-8-9-10-11-12-13-14-15(2)16;;1-5(2,3)4;/h15-16H,3-14H2,1-2H3;;(H2,1,2,3,4);/q;+1;;-1. The minimum absolute atomic E-state index is 0. The van der Waals surface area contributed by atoms with Crippen LogP contribution >= 0.6 is 0 Å². The van der Waals surface area contributed by atoms with E-state index in [4.69, 9.17) is 22.6 Å². The Kier molecular flexibility index (Phi) is 25.0. The van der Waals surface area contributed by atoms with Gasteiger partial charge in [-0.1, -0.05) is 77.6 Å². The maximum atomic E-state index is 9.10. The van der Waals surface area contributed by atoms with Crippen LogP contribution in [0.25, 0.3) is 0 Å². The molecule has 0 aromatic rings. The van der Waals surface area contributed by atoms with Crippen molar-refractivity contribution in [3.05, 3.63) is 0 Å². The monoisotopic (exact) mass is 350 g/mol. The molecule has 0 aliphatic rings. The summed E-state index contributed by atoms with van der Waals surface area (Å²) in [6.45, 7) is 4.16. The van der Waals surface area contributed by atoms with E-state index < -0.39 is 10.4 Å². The van der Waals surface area contributed by atoms with Crippen molar-refractivity contribution >= 4 is 10.4 Å². The second-order valence-electron chi connectivity index (χ2n) is 5.62. The zero-order valence-electron chi connectivity index (χ0n) is 15.6. The first-order valence-electron chi connectivity index (χ1n) is 8.15. The van der Waals surface area contributed by atoms with Crippen LogP contribution in [0, 0.1) is 0 Å². The maximum Gasteiger partial charge on any atom is 1.00 e. The van der Waals surface area contributed by atoms with Gasteiger partial charge in [0.15, 0.2) is 0 Å². The molecule has 0 radical (unpaired) electrons. The molecule has 22 heavy (non-hydrogen) atoms. The summed E-state index contributed by atoms with van der Waals surface area (Å²) in [5, 5.41) is 9.10. The van der Waals surface area contributed by atoms with Crippen LogP contribution in [0.2, 0.25) is 0 Å². The van der Waals surface area contributed by atoms with E-state index in [-0.39, 0.29) is 37.1 Å². The van der Waals surface area contributed by atoms with Crippen molar-refractivity contribution in [3.63, 3.8) is 0 Å². The van der Waals surface area contributed by atoms with Crippen molar-refractivity contribution < 1.29 is 53.6 Å². The Morgan fingerprint density at radius 2 is 1.09 bits per heavy atom. The minimum Gasteiger partial charge on any atom is -1.00 e. The molecule has 0 aliphatic heterocycles. The number of rotatable bonds is 12. The predicted molar refractivity (Wildman–Crippen MR) is 88.0 cm³/mol. The Morgan fingerprint density at radius 1 is 0.818 bits per heavy atom. The summed E-state index contributed by atoms with van der Waals surface area (Å²) in [4.78, 5) is 0. The van der Waals surface area contributed by atoms with Crippen LogP contribution in [0.4, 0.5) is 0 Å². The third-order valence-corrected chi connectivity index (χ3v) is 3.23. The first kappa shape index (κ1) is 27.7. The number of hydrogen-bond acceptors (Lipinski definition) is 3. The van der Waals surface area contributed by atoms with Crippen LogP contribution < -0.4 is 29.6 Å². The van der Waals surface area contributed by atoms with Crippen LogP contribution in [0.1, 0.15) is 92.3 Å². The molecule has 132 valence electrons. The fraction of sp³-hybridized carbons (Fsp3) is 1.00. The van der Waals surface area contributed by atoms with Gasteiger partial charge in [0.1, 0.15) is 0 Å². The average molecular weight is 350 g/mol. The van der Waals surface area contributed by atoms with Gasteiger partial charge in [-0.25, -0.2) is 0 Å². The summed E-state index contributed by atoms with van der Waals surface area (Å²) in [5.41, 5.74) is 0. The molecule has 1 unspecified atom stereocenters. The van der Waals surface area contributed by atoms with Gasteiger partial charge in [-0.3, -0.25) is 9.11 Å². The van der Waals surface area contributed by atoms with E-state index in [0.717, 1.165) is 6.42 Å². The zero-order valence-corrected chi connectivity index (χ0v) is 17.4. The molecular formula is C15H35NaO5S. The molecule has 1 atom stereocenters. The zero-order chi connectivity index (χ0) is 16.6. The maximum absolute atomic E-state index is 9.10. The molecule has 0 rings (SSSR count). The normalized spacial score (nSPS) is 12.0. The van der Waals surface area contributed by atoms with Crippen LogP contribution in [0.5, 0.6) is 0 Å². The van der Waals surface area contributed by atoms with Crippen molar-refractivity contribution in [1.29, 1.82) is 0 Å². The summed E-state index contributed by atoms with van der Waals surface area (Å²) < 4.78 is 31.6. The Morgan fingerprint density at radius 3 is 1.36 bits per heavy atom. The van der Waals surface area contributed by atoms with E-state index in [1.54, 1.807) is 0 Å².